The van der Waals surface area contributed by atoms with Gasteiger partial charge in [-0.05, 0) is 26.7 Å². The third kappa shape index (κ3) is 3.45. The number of carbonyl (C=O) groups excluding carboxylic acids is 2. The van der Waals surface area contributed by atoms with Crippen LogP contribution in [0, 0.1) is 11.8 Å². The van der Waals surface area contributed by atoms with Crippen molar-refractivity contribution < 1.29 is 19.5 Å². The van der Waals surface area contributed by atoms with Crippen LogP contribution in [0.5, 0.6) is 0 Å². The molecule has 18 heavy (non-hydrogen) atoms. The molecular formula is C12H20N2O4. The van der Waals surface area contributed by atoms with E-state index in [0.717, 1.165) is 6.42 Å². The van der Waals surface area contributed by atoms with Crippen molar-refractivity contribution in [1.29, 1.82) is 0 Å². The number of carbonyl (C=O) groups is 3. The van der Waals surface area contributed by atoms with Crippen LogP contribution in [0.25, 0.3) is 0 Å². The molecule has 6 heteroatoms. The van der Waals surface area contributed by atoms with Crippen LogP contribution in [0.3, 0.4) is 0 Å². The average Bonchev–Trinajstić information content (AvgIpc) is 2.78. The van der Waals surface area contributed by atoms with E-state index in [1.807, 2.05) is 0 Å². The van der Waals surface area contributed by atoms with Crippen molar-refractivity contribution in [2.24, 2.45) is 11.8 Å². The van der Waals surface area contributed by atoms with Gasteiger partial charge in [-0.1, -0.05) is 6.42 Å². The fraction of sp³-hybridized carbons (Fsp3) is 0.750. The lowest BCUT2D eigenvalue weighted by Crippen LogP contribution is -2.47. The van der Waals surface area contributed by atoms with E-state index in [2.05, 4.69) is 10.6 Å². The fourth-order valence-electron chi connectivity index (χ4n) is 2.28. The Hall–Kier alpha value is -1.59. The molecule has 2 amide bonds. The Morgan fingerprint density at radius 1 is 1.28 bits per heavy atom. The lowest BCUT2D eigenvalue weighted by molar-refractivity contribution is -0.146. The molecule has 3 atom stereocenters. The van der Waals surface area contributed by atoms with Crippen molar-refractivity contribution in [3.63, 3.8) is 0 Å². The average molecular weight is 256 g/mol. The summed E-state index contributed by atoms with van der Waals surface area (Å²) >= 11 is 0. The standard InChI is InChI=1S/C12H20N2O4/c1-3-13-10(15)7(2)14-11(16)8-5-4-6-9(8)12(17)18/h7-9H,3-6H2,1-2H3,(H,13,15)(H,14,16)(H,17,18)/t7?,8-,9+/m1/s1. The smallest absolute Gasteiger partial charge is 0.307 e. The molecule has 0 bridgehead atoms. The zero-order valence-electron chi connectivity index (χ0n) is 10.7. The third-order valence-corrected chi connectivity index (χ3v) is 3.27. The predicted octanol–water partition coefficient (Wildman–Crippen LogP) is 0.128. The Kier molecular flexibility index (Phi) is 5.12. The maximum absolute atomic E-state index is 11.9. The minimum atomic E-state index is -0.932. The first kappa shape index (κ1) is 14.5. The second kappa shape index (κ2) is 6.37. The summed E-state index contributed by atoms with van der Waals surface area (Å²) in [5.74, 6) is -2.65. The molecule has 0 aromatic heterocycles. The normalized spacial score (nSPS) is 24.3. The molecule has 1 saturated carbocycles. The number of hydrogen-bond donors (Lipinski definition) is 3. The summed E-state index contributed by atoms with van der Waals surface area (Å²) in [6.07, 6.45) is 1.85. The van der Waals surface area contributed by atoms with E-state index >= 15 is 0 Å². The summed E-state index contributed by atoms with van der Waals surface area (Å²) in [7, 11) is 0. The maximum atomic E-state index is 11.9. The van der Waals surface area contributed by atoms with Gasteiger partial charge in [0.05, 0.1) is 11.8 Å². The van der Waals surface area contributed by atoms with Gasteiger partial charge < -0.3 is 15.7 Å². The van der Waals surface area contributed by atoms with Crippen LogP contribution in [-0.2, 0) is 14.4 Å². The van der Waals surface area contributed by atoms with Gasteiger partial charge in [-0.2, -0.15) is 0 Å². The van der Waals surface area contributed by atoms with Gasteiger partial charge in [-0.15, -0.1) is 0 Å². The van der Waals surface area contributed by atoms with Gasteiger partial charge in [0.15, 0.2) is 0 Å². The van der Waals surface area contributed by atoms with Crippen LogP contribution in [0.4, 0.5) is 0 Å². The number of hydrogen-bond acceptors (Lipinski definition) is 3. The molecule has 0 heterocycles. The number of likely N-dealkylation sites (N-methyl/N-ethyl adjacent to an activating group) is 1. The molecule has 0 aromatic rings. The highest BCUT2D eigenvalue weighted by molar-refractivity contribution is 5.90. The van der Waals surface area contributed by atoms with Crippen molar-refractivity contribution in [3.05, 3.63) is 0 Å². The Bertz CT molecular complexity index is 343. The zero-order valence-corrected chi connectivity index (χ0v) is 10.7. The van der Waals surface area contributed by atoms with E-state index in [9.17, 15) is 14.4 Å². The summed E-state index contributed by atoms with van der Waals surface area (Å²) in [6.45, 7) is 3.89. The number of carboxylic acid groups (broad SMARTS) is 1. The van der Waals surface area contributed by atoms with Crippen LogP contribution in [-0.4, -0.2) is 35.5 Å². The van der Waals surface area contributed by atoms with Crippen LogP contribution in [0.15, 0.2) is 0 Å². The fourth-order valence-corrected chi connectivity index (χ4v) is 2.28. The molecule has 0 aliphatic heterocycles. The first-order valence-corrected chi connectivity index (χ1v) is 6.28. The van der Waals surface area contributed by atoms with Gasteiger partial charge >= 0.3 is 5.97 Å². The van der Waals surface area contributed by atoms with Crippen molar-refractivity contribution in [3.8, 4) is 0 Å². The largest absolute Gasteiger partial charge is 0.481 e. The minimum Gasteiger partial charge on any atom is -0.481 e. The van der Waals surface area contributed by atoms with Gasteiger partial charge in [-0.3, -0.25) is 14.4 Å². The monoisotopic (exact) mass is 256 g/mol. The van der Waals surface area contributed by atoms with Gasteiger partial charge in [0, 0.05) is 6.54 Å². The predicted molar refractivity (Wildman–Crippen MR) is 64.8 cm³/mol. The lowest BCUT2D eigenvalue weighted by Gasteiger charge is -2.19. The van der Waals surface area contributed by atoms with E-state index in [-0.39, 0.29) is 11.8 Å². The minimum absolute atomic E-state index is 0.254. The highest BCUT2D eigenvalue weighted by Crippen LogP contribution is 2.32. The molecule has 1 aliphatic rings. The van der Waals surface area contributed by atoms with E-state index in [4.69, 9.17) is 5.11 Å². The summed E-state index contributed by atoms with van der Waals surface area (Å²) in [4.78, 5) is 34.4. The van der Waals surface area contributed by atoms with Crippen molar-refractivity contribution in [2.75, 3.05) is 6.54 Å². The third-order valence-electron chi connectivity index (χ3n) is 3.27. The van der Waals surface area contributed by atoms with E-state index in [1.165, 1.54) is 0 Å². The first-order valence-electron chi connectivity index (χ1n) is 6.28. The topological polar surface area (TPSA) is 95.5 Å². The Labute approximate surface area is 106 Å². The van der Waals surface area contributed by atoms with E-state index in [1.54, 1.807) is 13.8 Å². The second-order valence-electron chi connectivity index (χ2n) is 4.61. The Morgan fingerprint density at radius 3 is 2.44 bits per heavy atom. The summed E-state index contributed by atoms with van der Waals surface area (Å²) in [6, 6.07) is -0.632. The maximum Gasteiger partial charge on any atom is 0.307 e. The number of nitrogens with one attached hydrogen (secondary N) is 2. The molecule has 0 spiro atoms. The first-order chi connectivity index (χ1) is 8.47. The molecule has 6 nitrogen and oxygen atoms in total. The Balaban J connectivity index is 2.54. The van der Waals surface area contributed by atoms with Crippen LogP contribution < -0.4 is 10.6 Å². The SMILES string of the molecule is CCNC(=O)C(C)NC(=O)[C@@H]1CCC[C@@H]1C(=O)O. The molecule has 0 saturated heterocycles. The molecule has 0 radical (unpaired) electrons. The quantitative estimate of drug-likeness (QED) is 0.651. The van der Waals surface area contributed by atoms with Crippen LogP contribution >= 0.6 is 0 Å². The molecule has 3 N–H and O–H groups in total. The van der Waals surface area contributed by atoms with E-state index < -0.39 is 23.8 Å². The molecule has 0 aromatic carbocycles. The molecule has 1 rings (SSSR count). The van der Waals surface area contributed by atoms with E-state index in [0.29, 0.717) is 19.4 Å². The van der Waals surface area contributed by atoms with Crippen LogP contribution in [0.1, 0.15) is 33.1 Å². The van der Waals surface area contributed by atoms with Crippen molar-refractivity contribution in [1.82, 2.24) is 10.6 Å². The van der Waals surface area contributed by atoms with Gasteiger partial charge in [0.25, 0.3) is 0 Å². The van der Waals surface area contributed by atoms with Gasteiger partial charge in [-0.25, -0.2) is 0 Å². The molecular weight excluding hydrogens is 236 g/mol. The molecule has 1 fully saturated rings. The van der Waals surface area contributed by atoms with Crippen molar-refractivity contribution >= 4 is 17.8 Å². The summed E-state index contributed by atoms with van der Waals surface area (Å²) in [5.41, 5.74) is 0. The van der Waals surface area contributed by atoms with Crippen molar-refractivity contribution in [2.45, 2.75) is 39.2 Å². The number of carboxylic acids is 1. The lowest BCUT2D eigenvalue weighted by atomic mass is 9.95. The summed E-state index contributed by atoms with van der Waals surface area (Å²) in [5, 5.41) is 14.2. The second-order valence-corrected chi connectivity index (χ2v) is 4.61. The number of rotatable bonds is 5. The van der Waals surface area contributed by atoms with Gasteiger partial charge in [0.2, 0.25) is 11.8 Å². The molecule has 1 unspecified atom stereocenters. The molecule has 1 aliphatic carbocycles. The zero-order chi connectivity index (χ0) is 13.7. The Morgan fingerprint density at radius 2 is 1.89 bits per heavy atom. The number of amides is 2. The highest BCUT2D eigenvalue weighted by atomic mass is 16.4. The summed E-state index contributed by atoms with van der Waals surface area (Å²) < 4.78 is 0. The van der Waals surface area contributed by atoms with Crippen LogP contribution in [0.2, 0.25) is 0 Å². The highest BCUT2D eigenvalue weighted by Gasteiger charge is 2.38. The molecule has 102 valence electrons. The van der Waals surface area contributed by atoms with Gasteiger partial charge in [0.1, 0.15) is 6.04 Å². The number of aliphatic carboxylic acids is 1.